The zero-order valence-electron chi connectivity index (χ0n) is 6.85. The number of nitrogens with one attached hydrogen (secondary N) is 2. The van der Waals surface area contributed by atoms with Crippen molar-refractivity contribution in [1.82, 2.24) is 10.6 Å². The minimum Gasteiger partial charge on any atom is -0.352 e. The second-order valence-electron chi connectivity index (χ2n) is 2.83. The van der Waals surface area contributed by atoms with E-state index in [0.717, 1.165) is 12.8 Å². The van der Waals surface area contributed by atoms with Crippen molar-refractivity contribution in [2.45, 2.75) is 18.9 Å². The van der Waals surface area contributed by atoms with E-state index in [9.17, 15) is 4.79 Å². The van der Waals surface area contributed by atoms with Crippen molar-refractivity contribution in [3.63, 3.8) is 0 Å². The normalized spacial score (nSPS) is 16.8. The first-order valence-corrected chi connectivity index (χ1v) is 4.52. The van der Waals surface area contributed by atoms with Crippen LogP contribution in [0.3, 0.4) is 0 Å². The quantitative estimate of drug-likeness (QED) is 0.621. The van der Waals surface area contributed by atoms with Gasteiger partial charge in [-0.25, -0.2) is 0 Å². The van der Waals surface area contributed by atoms with Crippen LogP contribution >= 0.6 is 11.6 Å². The Hall–Kier alpha value is -0.540. The monoisotopic (exact) mass is 188 g/mol. The van der Waals surface area contributed by atoms with Gasteiger partial charge in [0.2, 0.25) is 5.91 Å². The van der Waals surface area contributed by atoms with Crippen molar-refractivity contribution in [3.8, 4) is 0 Å². The molecular weight excluding hydrogens is 176 g/mol. The molecule has 0 unspecified atom stereocenters. The zero-order valence-corrected chi connectivity index (χ0v) is 7.60. The van der Waals surface area contributed by atoms with Gasteiger partial charge >= 0.3 is 0 Å². The second kappa shape index (κ2) is 5.17. The van der Waals surface area contributed by atoms with Crippen molar-refractivity contribution in [2.75, 3.05) is 13.1 Å². The first-order chi connectivity index (χ1) is 5.83. The van der Waals surface area contributed by atoms with E-state index >= 15 is 0 Å². The maximum Gasteiger partial charge on any atom is 0.234 e. The lowest BCUT2D eigenvalue weighted by Gasteiger charge is -2.02. The van der Waals surface area contributed by atoms with E-state index in [-0.39, 0.29) is 5.91 Å². The molecule has 0 aliphatic heterocycles. The summed E-state index contributed by atoms with van der Waals surface area (Å²) in [5, 5.41) is 5.81. The Morgan fingerprint density at radius 1 is 1.58 bits per heavy atom. The van der Waals surface area contributed by atoms with Gasteiger partial charge in [-0.3, -0.25) is 4.79 Å². The summed E-state index contributed by atoms with van der Waals surface area (Å²) in [6.07, 6.45) is 4.02. The molecular formula is C8H13ClN2O. The molecule has 12 heavy (non-hydrogen) atoms. The minimum atomic E-state index is 0.0699. The summed E-state index contributed by atoms with van der Waals surface area (Å²) in [6, 6.07) is 0.447. The van der Waals surface area contributed by atoms with Crippen molar-refractivity contribution in [2.24, 2.45) is 0 Å². The van der Waals surface area contributed by atoms with E-state index in [2.05, 4.69) is 10.6 Å². The molecule has 0 atom stereocenters. The minimum absolute atomic E-state index is 0.0699. The summed E-state index contributed by atoms with van der Waals surface area (Å²) in [5.41, 5.74) is 1.44. The summed E-state index contributed by atoms with van der Waals surface area (Å²) in [6.45, 7) is 1.01. The first-order valence-electron chi connectivity index (χ1n) is 4.08. The third kappa shape index (κ3) is 4.36. The van der Waals surface area contributed by atoms with Crippen LogP contribution in [0.1, 0.15) is 12.8 Å². The summed E-state index contributed by atoms with van der Waals surface area (Å²) in [7, 11) is 0. The van der Waals surface area contributed by atoms with Crippen molar-refractivity contribution in [1.29, 1.82) is 0 Å². The Bertz CT molecular complexity index is 178. The van der Waals surface area contributed by atoms with Gasteiger partial charge < -0.3 is 10.6 Å². The highest BCUT2D eigenvalue weighted by Gasteiger charge is 2.22. The lowest BCUT2D eigenvalue weighted by molar-refractivity contribution is -0.120. The average Bonchev–Trinajstić information content (AvgIpc) is 2.82. The van der Waals surface area contributed by atoms with Crippen LogP contribution in [0.4, 0.5) is 0 Å². The third-order valence-electron chi connectivity index (χ3n) is 1.58. The predicted molar refractivity (Wildman–Crippen MR) is 49.0 cm³/mol. The highest BCUT2D eigenvalue weighted by molar-refractivity contribution is 6.25. The SMILES string of the molecule is O=C(CNC/C=C/Cl)NC1CC1. The van der Waals surface area contributed by atoms with Crippen LogP contribution in [0.25, 0.3) is 0 Å². The summed E-state index contributed by atoms with van der Waals surface area (Å²) >= 11 is 5.29. The van der Waals surface area contributed by atoms with Gasteiger partial charge in [-0.15, -0.1) is 0 Å². The van der Waals surface area contributed by atoms with Gasteiger partial charge in [0.05, 0.1) is 6.54 Å². The number of hydrogen-bond donors (Lipinski definition) is 2. The van der Waals surface area contributed by atoms with E-state index in [1.54, 1.807) is 6.08 Å². The molecule has 3 nitrogen and oxygen atoms in total. The average molecular weight is 189 g/mol. The molecule has 0 bridgehead atoms. The van der Waals surface area contributed by atoms with Gasteiger partial charge in [-0.2, -0.15) is 0 Å². The number of rotatable bonds is 5. The molecule has 0 saturated heterocycles. The zero-order chi connectivity index (χ0) is 8.81. The van der Waals surface area contributed by atoms with E-state index in [1.807, 2.05) is 0 Å². The summed E-state index contributed by atoms with van der Waals surface area (Å²) in [4.78, 5) is 11.0. The van der Waals surface area contributed by atoms with Crippen LogP contribution < -0.4 is 10.6 Å². The molecule has 1 rings (SSSR count). The van der Waals surface area contributed by atoms with Crippen molar-refractivity contribution < 1.29 is 4.79 Å². The molecule has 0 heterocycles. The predicted octanol–water partition coefficient (Wildman–Crippen LogP) is 0.607. The fourth-order valence-corrected chi connectivity index (χ4v) is 0.909. The Kier molecular flexibility index (Phi) is 4.11. The Balaban J connectivity index is 1.94. The van der Waals surface area contributed by atoms with Gasteiger partial charge in [0.25, 0.3) is 0 Å². The molecule has 1 amide bonds. The molecule has 68 valence electrons. The van der Waals surface area contributed by atoms with E-state index in [4.69, 9.17) is 11.6 Å². The van der Waals surface area contributed by atoms with E-state index < -0.39 is 0 Å². The molecule has 1 fully saturated rings. The third-order valence-corrected chi connectivity index (χ3v) is 1.76. The summed E-state index contributed by atoms with van der Waals surface area (Å²) < 4.78 is 0. The number of hydrogen-bond acceptors (Lipinski definition) is 2. The fraction of sp³-hybridized carbons (Fsp3) is 0.625. The van der Waals surface area contributed by atoms with Gasteiger partial charge in [0.15, 0.2) is 0 Å². The van der Waals surface area contributed by atoms with Crippen molar-refractivity contribution >= 4 is 17.5 Å². The molecule has 1 aliphatic carbocycles. The van der Waals surface area contributed by atoms with Gasteiger partial charge in [-0.05, 0) is 12.8 Å². The second-order valence-corrected chi connectivity index (χ2v) is 3.09. The number of halogens is 1. The molecule has 0 aromatic carbocycles. The van der Waals surface area contributed by atoms with Crippen LogP contribution in [0, 0.1) is 0 Å². The van der Waals surface area contributed by atoms with Crippen LogP contribution in [-0.2, 0) is 4.79 Å². The van der Waals surface area contributed by atoms with Crippen molar-refractivity contribution in [3.05, 3.63) is 11.6 Å². The largest absolute Gasteiger partial charge is 0.352 e. The highest BCUT2D eigenvalue weighted by Crippen LogP contribution is 2.17. The van der Waals surface area contributed by atoms with Crippen LogP contribution in [0.15, 0.2) is 11.6 Å². The lowest BCUT2D eigenvalue weighted by atomic mass is 10.5. The van der Waals surface area contributed by atoms with Crippen LogP contribution in [0.5, 0.6) is 0 Å². The van der Waals surface area contributed by atoms with Gasteiger partial charge in [0.1, 0.15) is 0 Å². The van der Waals surface area contributed by atoms with Gasteiger partial charge in [-0.1, -0.05) is 17.7 Å². The molecule has 2 N–H and O–H groups in total. The Morgan fingerprint density at radius 3 is 2.92 bits per heavy atom. The molecule has 0 aromatic rings. The highest BCUT2D eigenvalue weighted by atomic mass is 35.5. The molecule has 0 aromatic heterocycles. The maximum atomic E-state index is 11.0. The Labute approximate surface area is 77.2 Å². The smallest absolute Gasteiger partial charge is 0.234 e. The standard InChI is InChI=1S/C8H13ClN2O/c9-4-1-5-10-6-8(12)11-7-2-3-7/h1,4,7,10H,2-3,5-6H2,(H,11,12)/b4-1+. The molecule has 4 heteroatoms. The molecule has 0 radical (unpaired) electrons. The number of carbonyl (C=O) groups excluding carboxylic acids is 1. The topological polar surface area (TPSA) is 41.1 Å². The van der Waals surface area contributed by atoms with Crippen LogP contribution in [-0.4, -0.2) is 25.0 Å². The van der Waals surface area contributed by atoms with Gasteiger partial charge in [0, 0.05) is 18.1 Å². The van der Waals surface area contributed by atoms with E-state index in [1.165, 1.54) is 5.54 Å². The summed E-state index contributed by atoms with van der Waals surface area (Å²) in [5.74, 6) is 0.0699. The first kappa shape index (κ1) is 9.55. The molecule has 1 aliphatic rings. The molecule has 1 saturated carbocycles. The number of carbonyl (C=O) groups is 1. The lowest BCUT2D eigenvalue weighted by Crippen LogP contribution is -2.35. The maximum absolute atomic E-state index is 11.0. The Morgan fingerprint density at radius 2 is 2.33 bits per heavy atom. The van der Waals surface area contributed by atoms with Crippen LogP contribution in [0.2, 0.25) is 0 Å². The molecule has 0 spiro atoms. The number of amides is 1. The van der Waals surface area contributed by atoms with E-state index in [0.29, 0.717) is 19.1 Å². The fourth-order valence-electron chi connectivity index (χ4n) is 0.820.